The van der Waals surface area contributed by atoms with Crippen molar-refractivity contribution in [3.8, 4) is 0 Å². The van der Waals surface area contributed by atoms with Gasteiger partial charge in [0.25, 0.3) is 0 Å². The normalized spacial score (nSPS) is 12.3. The Morgan fingerprint density at radius 2 is 1.56 bits per heavy atom. The Kier molecular flexibility index (Phi) is 9.48. The van der Waals surface area contributed by atoms with Gasteiger partial charge in [-0.25, -0.2) is 18.2 Å². The molecule has 0 aliphatic rings. The number of hydrogen-bond acceptors (Lipinski definition) is 7. The van der Waals surface area contributed by atoms with E-state index in [0.717, 1.165) is 11.1 Å². The number of pyridine rings is 1. The van der Waals surface area contributed by atoms with Crippen molar-refractivity contribution in [2.24, 2.45) is 0 Å². The van der Waals surface area contributed by atoms with Gasteiger partial charge in [-0.2, -0.15) is 0 Å². The maximum absolute atomic E-state index is 13.1. The molecule has 0 amide bonds. The number of esters is 1. The molecular formula is C30H29ClN2O5S. The zero-order valence-corrected chi connectivity index (χ0v) is 23.0. The minimum atomic E-state index is -3.74. The fourth-order valence-electron chi connectivity index (χ4n) is 4.16. The molecule has 4 aromatic rings. The summed E-state index contributed by atoms with van der Waals surface area (Å²) < 4.78 is 30.8. The second-order valence-corrected chi connectivity index (χ2v) is 11.4. The molecule has 1 unspecified atom stereocenters. The third kappa shape index (κ3) is 7.52. The number of aliphatic hydroxyl groups excluding tert-OH is 1. The molecular weight excluding hydrogens is 536 g/mol. The van der Waals surface area contributed by atoms with Crippen molar-refractivity contribution < 1.29 is 23.1 Å². The van der Waals surface area contributed by atoms with Gasteiger partial charge < -0.3 is 9.84 Å². The van der Waals surface area contributed by atoms with Crippen molar-refractivity contribution in [1.29, 1.82) is 0 Å². The Bertz CT molecular complexity index is 1480. The van der Waals surface area contributed by atoms with E-state index in [1.54, 1.807) is 42.6 Å². The molecule has 0 fully saturated rings. The number of halogens is 1. The second kappa shape index (κ2) is 13.0. The Balaban J connectivity index is 1.44. The van der Waals surface area contributed by atoms with Gasteiger partial charge in [0.15, 0.2) is 0 Å². The predicted octanol–water partition coefficient (Wildman–Crippen LogP) is 5.13. The van der Waals surface area contributed by atoms with Gasteiger partial charge >= 0.3 is 5.97 Å². The molecule has 0 saturated heterocycles. The number of nitrogens with zero attached hydrogens (tertiary/aromatic N) is 2. The molecule has 0 bridgehead atoms. The fraction of sp³-hybridized carbons (Fsp3) is 0.200. The zero-order chi connectivity index (χ0) is 27.8. The van der Waals surface area contributed by atoms with Crippen LogP contribution in [0.4, 0.5) is 0 Å². The smallest absolute Gasteiger partial charge is 0.337 e. The van der Waals surface area contributed by atoms with E-state index >= 15 is 0 Å². The highest BCUT2D eigenvalue weighted by Gasteiger charge is 2.19. The van der Waals surface area contributed by atoms with Crippen molar-refractivity contribution in [3.63, 3.8) is 0 Å². The number of hydrogen-bond donors (Lipinski definition) is 1. The highest BCUT2D eigenvalue weighted by Crippen LogP contribution is 2.23. The summed E-state index contributed by atoms with van der Waals surface area (Å²) in [6.07, 6.45) is 1.50. The molecule has 7 nitrogen and oxygen atoms in total. The molecule has 0 spiro atoms. The van der Waals surface area contributed by atoms with E-state index in [4.69, 9.17) is 11.6 Å². The Morgan fingerprint density at radius 1 is 0.923 bits per heavy atom. The lowest BCUT2D eigenvalue weighted by Crippen LogP contribution is -2.30. The number of ether oxygens (including phenoxy) is 1. The maximum Gasteiger partial charge on any atom is 0.337 e. The van der Waals surface area contributed by atoms with Crippen LogP contribution in [0, 0.1) is 0 Å². The summed E-state index contributed by atoms with van der Waals surface area (Å²) in [5.41, 5.74) is 3.06. The molecule has 202 valence electrons. The first-order valence-corrected chi connectivity index (χ1v) is 14.2. The quantitative estimate of drug-likeness (QED) is 0.199. The van der Waals surface area contributed by atoms with Crippen LogP contribution >= 0.6 is 11.6 Å². The molecule has 4 rings (SSSR count). The Hall–Kier alpha value is -3.56. The van der Waals surface area contributed by atoms with Crippen LogP contribution in [0.15, 0.2) is 107 Å². The third-order valence-corrected chi connectivity index (χ3v) is 8.36. The molecule has 0 aliphatic heterocycles. The lowest BCUT2D eigenvalue weighted by atomic mass is 10.1. The third-order valence-electron chi connectivity index (χ3n) is 6.35. The first kappa shape index (κ1) is 28.4. The molecule has 0 saturated carbocycles. The zero-order valence-electron chi connectivity index (χ0n) is 21.4. The predicted molar refractivity (Wildman–Crippen MR) is 149 cm³/mol. The highest BCUT2D eigenvalue weighted by atomic mass is 35.5. The van der Waals surface area contributed by atoms with Crippen LogP contribution in [0.1, 0.15) is 33.2 Å². The molecule has 1 atom stereocenters. The first-order chi connectivity index (χ1) is 18.8. The van der Waals surface area contributed by atoms with Gasteiger partial charge in [-0.05, 0) is 60.0 Å². The van der Waals surface area contributed by atoms with Gasteiger partial charge in [0, 0.05) is 31.4 Å². The lowest BCUT2D eigenvalue weighted by Gasteiger charge is -2.25. The van der Waals surface area contributed by atoms with Gasteiger partial charge in [0.05, 0.1) is 28.6 Å². The van der Waals surface area contributed by atoms with Crippen molar-refractivity contribution in [2.45, 2.75) is 28.9 Å². The second-order valence-electron chi connectivity index (χ2n) is 9.06. The molecule has 0 aliphatic carbocycles. The Labute approximate surface area is 233 Å². The number of sulfone groups is 1. The molecule has 1 aromatic heterocycles. The molecule has 3 aromatic carbocycles. The van der Waals surface area contributed by atoms with Crippen molar-refractivity contribution in [1.82, 2.24) is 9.88 Å². The summed E-state index contributed by atoms with van der Waals surface area (Å²) in [5.74, 6) is -0.526. The summed E-state index contributed by atoms with van der Waals surface area (Å²) in [6.45, 7) is 1.69. The molecule has 1 N–H and O–H groups in total. The topological polar surface area (TPSA) is 96.8 Å². The Morgan fingerprint density at radius 3 is 2.15 bits per heavy atom. The van der Waals surface area contributed by atoms with E-state index in [0.29, 0.717) is 36.8 Å². The maximum atomic E-state index is 13.1. The lowest BCUT2D eigenvalue weighted by molar-refractivity contribution is 0.0600. The van der Waals surface area contributed by atoms with Crippen LogP contribution in [0.5, 0.6) is 0 Å². The molecule has 0 radical (unpaired) electrons. The van der Waals surface area contributed by atoms with Gasteiger partial charge in [0.2, 0.25) is 9.84 Å². The number of aliphatic hydroxyl groups is 1. The summed E-state index contributed by atoms with van der Waals surface area (Å²) in [4.78, 5) is 18.1. The van der Waals surface area contributed by atoms with Crippen LogP contribution in [0.2, 0.25) is 5.15 Å². The monoisotopic (exact) mass is 564 g/mol. The van der Waals surface area contributed by atoms with Crippen molar-refractivity contribution in [2.75, 3.05) is 20.2 Å². The number of benzene rings is 3. The van der Waals surface area contributed by atoms with Gasteiger partial charge in [-0.15, -0.1) is 0 Å². The summed E-state index contributed by atoms with van der Waals surface area (Å²) >= 11 is 5.89. The standard InChI is InChI=1S/C30H29ClN2O5S/c1-38-30(35)24-9-14-27(15-10-24)39(36,37)26-12-7-22(8-13-26)17-18-33(20-23-5-3-2-4-6-23)21-28(34)25-11-16-29(31)32-19-25/h2-16,19,28,34H,17-18,20-21H2,1H3. The molecule has 39 heavy (non-hydrogen) atoms. The van der Waals surface area contributed by atoms with E-state index in [9.17, 15) is 18.3 Å². The summed E-state index contributed by atoms with van der Waals surface area (Å²) in [6, 6.07) is 25.9. The van der Waals surface area contributed by atoms with E-state index in [1.807, 2.05) is 30.3 Å². The van der Waals surface area contributed by atoms with Crippen LogP contribution in [-0.2, 0) is 27.5 Å². The van der Waals surface area contributed by atoms with Gasteiger partial charge in [-0.3, -0.25) is 4.90 Å². The average Bonchev–Trinajstić information content (AvgIpc) is 2.96. The van der Waals surface area contributed by atoms with E-state index in [-0.39, 0.29) is 15.4 Å². The van der Waals surface area contributed by atoms with Gasteiger partial charge in [0.1, 0.15) is 5.15 Å². The number of rotatable bonds is 11. The fourth-order valence-corrected chi connectivity index (χ4v) is 5.53. The number of aromatic nitrogens is 1. The minimum Gasteiger partial charge on any atom is -0.465 e. The van der Waals surface area contributed by atoms with Crippen molar-refractivity contribution >= 4 is 27.4 Å². The van der Waals surface area contributed by atoms with E-state index in [1.165, 1.54) is 31.4 Å². The summed E-state index contributed by atoms with van der Waals surface area (Å²) in [5, 5.41) is 11.2. The SMILES string of the molecule is COC(=O)c1ccc(S(=O)(=O)c2ccc(CCN(Cc3ccccc3)CC(O)c3ccc(Cl)nc3)cc2)cc1. The minimum absolute atomic E-state index is 0.0996. The number of carbonyl (C=O) groups is 1. The van der Waals surface area contributed by atoms with Crippen LogP contribution in [0.3, 0.4) is 0 Å². The van der Waals surface area contributed by atoms with E-state index < -0.39 is 21.9 Å². The first-order valence-electron chi connectivity index (χ1n) is 12.3. The van der Waals surface area contributed by atoms with E-state index in [2.05, 4.69) is 14.6 Å². The summed E-state index contributed by atoms with van der Waals surface area (Å²) in [7, 11) is -2.46. The molecule has 1 heterocycles. The molecule has 9 heteroatoms. The number of methoxy groups -OCH3 is 1. The average molecular weight is 565 g/mol. The highest BCUT2D eigenvalue weighted by molar-refractivity contribution is 7.91. The van der Waals surface area contributed by atoms with Gasteiger partial charge in [-0.1, -0.05) is 60.1 Å². The van der Waals surface area contributed by atoms with Crippen molar-refractivity contribution in [3.05, 3.63) is 125 Å². The van der Waals surface area contributed by atoms with Crippen LogP contribution < -0.4 is 0 Å². The van der Waals surface area contributed by atoms with Crippen LogP contribution in [-0.4, -0.2) is 49.6 Å². The number of carbonyl (C=O) groups excluding carboxylic acids is 1. The van der Waals surface area contributed by atoms with Crippen LogP contribution in [0.25, 0.3) is 0 Å². The largest absolute Gasteiger partial charge is 0.465 e.